The summed E-state index contributed by atoms with van der Waals surface area (Å²) in [5.41, 5.74) is 0. The number of carbonyl (C=O) groups is 2. The molecule has 1 saturated heterocycles. The van der Waals surface area contributed by atoms with Crippen molar-refractivity contribution in [2.24, 2.45) is 0 Å². The number of nitrogens with one attached hydrogen (secondary N) is 1. The minimum atomic E-state index is -0.450. The molecule has 0 saturated carbocycles. The lowest BCUT2D eigenvalue weighted by Crippen LogP contribution is -2.58. The highest BCUT2D eigenvalue weighted by Crippen LogP contribution is 2.21. The molecule has 2 rings (SSSR count). The van der Waals surface area contributed by atoms with E-state index in [1.165, 1.54) is 13.2 Å². The Kier molecular flexibility index (Phi) is 4.51. The molecule has 0 bridgehead atoms. The molecule has 2 heterocycles. The van der Waals surface area contributed by atoms with Crippen LogP contribution in [-0.2, 0) is 20.9 Å². The first kappa shape index (κ1) is 14.7. The molecule has 8 heteroatoms. The average Bonchev–Trinajstić information content (AvgIpc) is 2.37. The number of imide groups is 1. The zero-order chi connectivity index (χ0) is 14.7. The number of anilines is 1. The summed E-state index contributed by atoms with van der Waals surface area (Å²) < 4.78 is 4.97. The molecule has 1 fully saturated rings. The second-order valence-corrected chi connectivity index (χ2v) is 4.75. The van der Waals surface area contributed by atoms with Crippen LogP contribution in [0.25, 0.3) is 0 Å². The van der Waals surface area contributed by atoms with Gasteiger partial charge in [-0.15, -0.1) is 0 Å². The summed E-state index contributed by atoms with van der Waals surface area (Å²) in [7, 11) is 1.52. The quantitative estimate of drug-likeness (QED) is 0.644. The van der Waals surface area contributed by atoms with Crippen LogP contribution < -0.4 is 10.2 Å². The standard InChI is InChI=1S/C12H15ClN4O3/c1-3-7-12(19)16-11(18)5-17(7)10-4-8(13)14-9(15-10)6-20-2/h4,7H,3,5-6H2,1-2H3,(H,16,18,19). The van der Waals surface area contributed by atoms with Gasteiger partial charge in [0, 0.05) is 13.2 Å². The van der Waals surface area contributed by atoms with Gasteiger partial charge in [0.15, 0.2) is 5.82 Å². The first-order chi connectivity index (χ1) is 9.55. The Morgan fingerprint density at radius 2 is 2.25 bits per heavy atom. The molecular formula is C12H15ClN4O3. The maximum Gasteiger partial charge on any atom is 0.249 e. The number of amides is 2. The summed E-state index contributed by atoms with van der Waals surface area (Å²) in [6.45, 7) is 2.13. The first-order valence-electron chi connectivity index (χ1n) is 6.18. The average molecular weight is 299 g/mol. The van der Waals surface area contributed by atoms with Crippen LogP contribution in [0.4, 0.5) is 5.82 Å². The van der Waals surface area contributed by atoms with E-state index in [0.717, 1.165) is 0 Å². The van der Waals surface area contributed by atoms with Crippen LogP contribution in [0.5, 0.6) is 0 Å². The van der Waals surface area contributed by atoms with Crippen molar-refractivity contribution in [1.82, 2.24) is 15.3 Å². The minimum Gasteiger partial charge on any atom is -0.377 e. The van der Waals surface area contributed by atoms with E-state index in [2.05, 4.69) is 15.3 Å². The van der Waals surface area contributed by atoms with Crippen molar-refractivity contribution in [1.29, 1.82) is 0 Å². The zero-order valence-electron chi connectivity index (χ0n) is 11.2. The van der Waals surface area contributed by atoms with Crippen LogP contribution in [0.15, 0.2) is 6.07 Å². The first-order valence-corrected chi connectivity index (χ1v) is 6.55. The Hall–Kier alpha value is -1.73. The number of carbonyl (C=O) groups excluding carboxylic acids is 2. The molecule has 1 N–H and O–H groups in total. The van der Waals surface area contributed by atoms with E-state index < -0.39 is 6.04 Å². The van der Waals surface area contributed by atoms with Crippen LogP contribution >= 0.6 is 11.6 Å². The molecule has 108 valence electrons. The molecule has 0 spiro atoms. The molecule has 0 aromatic carbocycles. The highest BCUT2D eigenvalue weighted by Gasteiger charge is 2.33. The summed E-state index contributed by atoms with van der Waals surface area (Å²) in [5, 5.41) is 2.56. The normalized spacial score (nSPS) is 19.1. The van der Waals surface area contributed by atoms with Crippen molar-refractivity contribution in [2.75, 3.05) is 18.6 Å². The molecule has 1 aliphatic rings. The predicted molar refractivity (Wildman–Crippen MR) is 72.3 cm³/mol. The Bertz CT molecular complexity index is 537. The number of halogens is 1. The van der Waals surface area contributed by atoms with Crippen molar-refractivity contribution in [2.45, 2.75) is 26.0 Å². The highest BCUT2D eigenvalue weighted by atomic mass is 35.5. The molecule has 0 radical (unpaired) electrons. The number of nitrogens with zero attached hydrogens (tertiary/aromatic N) is 3. The number of hydrogen-bond acceptors (Lipinski definition) is 6. The van der Waals surface area contributed by atoms with Gasteiger partial charge in [-0.2, -0.15) is 0 Å². The van der Waals surface area contributed by atoms with Crippen LogP contribution in [-0.4, -0.2) is 41.5 Å². The van der Waals surface area contributed by atoms with Crippen LogP contribution in [0, 0.1) is 0 Å². The minimum absolute atomic E-state index is 0.0595. The van der Waals surface area contributed by atoms with Crippen molar-refractivity contribution in [3.63, 3.8) is 0 Å². The van der Waals surface area contributed by atoms with Gasteiger partial charge in [-0.3, -0.25) is 14.9 Å². The second-order valence-electron chi connectivity index (χ2n) is 4.36. The van der Waals surface area contributed by atoms with Gasteiger partial charge in [-0.25, -0.2) is 9.97 Å². The number of ether oxygens (including phenoxy) is 1. The van der Waals surface area contributed by atoms with Gasteiger partial charge in [0.25, 0.3) is 0 Å². The lowest BCUT2D eigenvalue weighted by molar-refractivity contribution is -0.132. The lowest BCUT2D eigenvalue weighted by Gasteiger charge is -2.34. The smallest absolute Gasteiger partial charge is 0.249 e. The third kappa shape index (κ3) is 3.05. The SMILES string of the molecule is CCC1C(=O)NC(=O)CN1c1cc(Cl)nc(COC)n1. The Labute approximate surface area is 121 Å². The molecule has 7 nitrogen and oxygen atoms in total. The van der Waals surface area contributed by atoms with Crippen molar-refractivity contribution in [3.05, 3.63) is 17.0 Å². The zero-order valence-corrected chi connectivity index (χ0v) is 12.0. The van der Waals surface area contributed by atoms with Crippen molar-refractivity contribution < 1.29 is 14.3 Å². The molecule has 1 unspecified atom stereocenters. The third-order valence-corrected chi connectivity index (χ3v) is 3.13. The number of rotatable bonds is 4. The van der Waals surface area contributed by atoms with Crippen LogP contribution in [0.2, 0.25) is 5.15 Å². The number of piperazine rings is 1. The van der Waals surface area contributed by atoms with Gasteiger partial charge in [0.2, 0.25) is 11.8 Å². The van der Waals surface area contributed by atoms with Gasteiger partial charge >= 0.3 is 0 Å². The van der Waals surface area contributed by atoms with E-state index in [0.29, 0.717) is 18.1 Å². The molecule has 1 atom stereocenters. The Morgan fingerprint density at radius 1 is 1.50 bits per heavy atom. The fourth-order valence-electron chi connectivity index (χ4n) is 2.11. The maximum absolute atomic E-state index is 11.8. The molecule has 1 aromatic heterocycles. The van der Waals surface area contributed by atoms with Crippen molar-refractivity contribution in [3.8, 4) is 0 Å². The molecule has 0 aliphatic carbocycles. The topological polar surface area (TPSA) is 84.4 Å². The molecular weight excluding hydrogens is 284 g/mol. The van der Waals surface area contributed by atoms with Gasteiger partial charge in [0.05, 0.1) is 6.54 Å². The summed E-state index contributed by atoms with van der Waals surface area (Å²) in [6.07, 6.45) is 0.556. The van der Waals surface area contributed by atoms with Gasteiger partial charge < -0.3 is 9.64 Å². The van der Waals surface area contributed by atoms with E-state index in [1.807, 2.05) is 6.92 Å². The van der Waals surface area contributed by atoms with E-state index in [9.17, 15) is 9.59 Å². The molecule has 1 aliphatic heterocycles. The molecule has 1 aromatic rings. The maximum atomic E-state index is 11.8. The molecule has 2 amide bonds. The van der Waals surface area contributed by atoms with E-state index in [1.54, 1.807) is 4.90 Å². The number of hydrogen-bond donors (Lipinski definition) is 1. The summed E-state index contributed by atoms with van der Waals surface area (Å²) >= 11 is 5.95. The molecule has 20 heavy (non-hydrogen) atoms. The van der Waals surface area contributed by atoms with E-state index >= 15 is 0 Å². The van der Waals surface area contributed by atoms with E-state index in [4.69, 9.17) is 16.3 Å². The Morgan fingerprint density at radius 3 is 2.90 bits per heavy atom. The predicted octanol–water partition coefficient (Wildman–Crippen LogP) is 0.518. The third-order valence-electron chi connectivity index (χ3n) is 2.94. The summed E-state index contributed by atoms with van der Waals surface area (Å²) in [5.74, 6) is 0.171. The second kappa shape index (κ2) is 6.15. The van der Waals surface area contributed by atoms with E-state index in [-0.39, 0.29) is 30.1 Å². The Balaban J connectivity index is 2.36. The van der Waals surface area contributed by atoms with Crippen LogP contribution in [0.3, 0.4) is 0 Å². The fraction of sp³-hybridized carbons (Fsp3) is 0.500. The highest BCUT2D eigenvalue weighted by molar-refractivity contribution is 6.29. The number of aromatic nitrogens is 2. The fourth-order valence-corrected chi connectivity index (χ4v) is 2.30. The summed E-state index contributed by atoms with van der Waals surface area (Å²) in [6, 6.07) is 1.09. The number of methoxy groups -OCH3 is 1. The summed E-state index contributed by atoms with van der Waals surface area (Å²) in [4.78, 5) is 33.3. The largest absolute Gasteiger partial charge is 0.377 e. The van der Waals surface area contributed by atoms with Crippen LogP contribution in [0.1, 0.15) is 19.2 Å². The van der Waals surface area contributed by atoms with Crippen molar-refractivity contribution >= 4 is 29.2 Å². The lowest BCUT2D eigenvalue weighted by atomic mass is 10.1. The monoisotopic (exact) mass is 298 g/mol. The van der Waals surface area contributed by atoms with Gasteiger partial charge in [-0.1, -0.05) is 18.5 Å². The van der Waals surface area contributed by atoms with Gasteiger partial charge in [-0.05, 0) is 6.42 Å². The van der Waals surface area contributed by atoms with Gasteiger partial charge in [0.1, 0.15) is 23.6 Å².